The second kappa shape index (κ2) is 4.78. The van der Waals surface area contributed by atoms with E-state index in [4.69, 9.17) is 5.73 Å². The SMILES string of the molecule is Cc1ccc(N2CC(=O)NC(=O)C2C)c(CN)c1. The average molecular weight is 247 g/mol. The lowest BCUT2D eigenvalue weighted by molar-refractivity contribution is -0.132. The first kappa shape index (κ1) is 12.6. The quantitative estimate of drug-likeness (QED) is 0.737. The molecule has 2 amide bonds. The Balaban J connectivity index is 2.40. The number of anilines is 1. The van der Waals surface area contributed by atoms with Gasteiger partial charge in [-0.25, -0.2) is 0 Å². The van der Waals surface area contributed by atoms with E-state index in [0.717, 1.165) is 16.8 Å². The van der Waals surface area contributed by atoms with Crippen LogP contribution in [0.3, 0.4) is 0 Å². The maximum absolute atomic E-state index is 11.6. The molecule has 0 saturated carbocycles. The molecule has 1 aromatic carbocycles. The predicted octanol–water partition coefficient (Wildman–Crippen LogP) is 0.305. The molecule has 0 bridgehead atoms. The molecule has 0 spiro atoms. The minimum atomic E-state index is -0.365. The smallest absolute Gasteiger partial charge is 0.249 e. The molecule has 5 nitrogen and oxygen atoms in total. The molecule has 1 aromatic rings. The third kappa shape index (κ3) is 2.22. The van der Waals surface area contributed by atoms with Crippen LogP contribution in [-0.4, -0.2) is 24.4 Å². The number of amides is 2. The van der Waals surface area contributed by atoms with Gasteiger partial charge in [-0.1, -0.05) is 17.7 Å². The van der Waals surface area contributed by atoms with Crippen LogP contribution in [0.5, 0.6) is 0 Å². The van der Waals surface area contributed by atoms with Crippen molar-refractivity contribution >= 4 is 17.5 Å². The van der Waals surface area contributed by atoms with Crippen LogP contribution in [0.1, 0.15) is 18.1 Å². The van der Waals surface area contributed by atoms with Crippen LogP contribution in [0.4, 0.5) is 5.69 Å². The highest BCUT2D eigenvalue weighted by molar-refractivity contribution is 6.04. The Kier molecular flexibility index (Phi) is 3.34. The van der Waals surface area contributed by atoms with Crippen molar-refractivity contribution in [1.82, 2.24) is 5.32 Å². The van der Waals surface area contributed by atoms with E-state index >= 15 is 0 Å². The number of benzene rings is 1. The highest BCUT2D eigenvalue weighted by atomic mass is 16.2. The molecule has 18 heavy (non-hydrogen) atoms. The van der Waals surface area contributed by atoms with Gasteiger partial charge in [0.15, 0.2) is 0 Å². The van der Waals surface area contributed by atoms with Gasteiger partial charge in [-0.3, -0.25) is 14.9 Å². The largest absolute Gasteiger partial charge is 0.350 e. The number of carbonyl (C=O) groups excluding carboxylic acids is 2. The van der Waals surface area contributed by atoms with Gasteiger partial charge in [-0.05, 0) is 25.5 Å². The molecule has 1 heterocycles. The summed E-state index contributed by atoms with van der Waals surface area (Å²) in [5.41, 5.74) is 8.65. The van der Waals surface area contributed by atoms with Crippen LogP contribution in [0, 0.1) is 6.92 Å². The van der Waals surface area contributed by atoms with Crippen LogP contribution < -0.4 is 16.0 Å². The molecule has 1 saturated heterocycles. The Bertz CT molecular complexity index is 499. The third-order valence-electron chi connectivity index (χ3n) is 3.19. The number of hydrogen-bond donors (Lipinski definition) is 2. The number of hydrogen-bond acceptors (Lipinski definition) is 4. The van der Waals surface area contributed by atoms with Gasteiger partial charge < -0.3 is 10.6 Å². The van der Waals surface area contributed by atoms with Crippen LogP contribution in [0.2, 0.25) is 0 Å². The number of carbonyl (C=O) groups is 2. The van der Waals surface area contributed by atoms with Gasteiger partial charge in [-0.15, -0.1) is 0 Å². The molecule has 1 unspecified atom stereocenters. The minimum absolute atomic E-state index is 0.183. The second-order valence-corrected chi connectivity index (χ2v) is 4.55. The van der Waals surface area contributed by atoms with Crippen molar-refractivity contribution < 1.29 is 9.59 Å². The van der Waals surface area contributed by atoms with Crippen molar-refractivity contribution in [2.45, 2.75) is 26.4 Å². The van der Waals surface area contributed by atoms with Gasteiger partial charge >= 0.3 is 0 Å². The van der Waals surface area contributed by atoms with Gasteiger partial charge in [0.25, 0.3) is 0 Å². The maximum Gasteiger partial charge on any atom is 0.249 e. The van der Waals surface area contributed by atoms with Crippen molar-refractivity contribution in [3.8, 4) is 0 Å². The number of imide groups is 1. The minimum Gasteiger partial charge on any atom is -0.350 e. The number of piperazine rings is 1. The standard InChI is InChI=1S/C13H17N3O2/c1-8-3-4-11(10(5-8)6-14)16-7-12(17)15-13(18)9(16)2/h3-5,9H,6-7,14H2,1-2H3,(H,15,17,18). The van der Waals surface area contributed by atoms with Crippen LogP contribution in [-0.2, 0) is 16.1 Å². The fraction of sp³-hybridized carbons (Fsp3) is 0.385. The molecule has 5 heteroatoms. The van der Waals surface area contributed by atoms with E-state index < -0.39 is 0 Å². The molecule has 0 aromatic heterocycles. The van der Waals surface area contributed by atoms with E-state index in [9.17, 15) is 9.59 Å². The molecule has 0 radical (unpaired) electrons. The van der Waals surface area contributed by atoms with E-state index in [1.54, 1.807) is 11.8 Å². The van der Waals surface area contributed by atoms with Crippen molar-refractivity contribution in [3.05, 3.63) is 29.3 Å². The predicted molar refractivity (Wildman–Crippen MR) is 69.0 cm³/mol. The lowest BCUT2D eigenvalue weighted by Crippen LogP contribution is -2.57. The van der Waals surface area contributed by atoms with Gasteiger partial charge in [0, 0.05) is 12.2 Å². The third-order valence-corrected chi connectivity index (χ3v) is 3.19. The summed E-state index contributed by atoms with van der Waals surface area (Å²) in [5.74, 6) is -0.545. The molecular formula is C13H17N3O2. The zero-order valence-electron chi connectivity index (χ0n) is 10.6. The lowest BCUT2D eigenvalue weighted by Gasteiger charge is -2.34. The highest BCUT2D eigenvalue weighted by Crippen LogP contribution is 2.24. The summed E-state index contributed by atoms with van der Waals surface area (Å²) in [4.78, 5) is 24.9. The van der Waals surface area contributed by atoms with E-state index in [-0.39, 0.29) is 24.4 Å². The molecule has 0 aliphatic carbocycles. The van der Waals surface area contributed by atoms with Gasteiger partial charge in [0.05, 0.1) is 6.54 Å². The van der Waals surface area contributed by atoms with E-state index in [0.29, 0.717) is 6.54 Å². The normalized spacial score (nSPS) is 19.9. The Morgan fingerprint density at radius 1 is 1.44 bits per heavy atom. The molecule has 1 fully saturated rings. The number of nitrogens with zero attached hydrogens (tertiary/aromatic N) is 1. The van der Waals surface area contributed by atoms with Crippen molar-refractivity contribution in [2.24, 2.45) is 5.73 Å². The van der Waals surface area contributed by atoms with Crippen LogP contribution in [0.15, 0.2) is 18.2 Å². The van der Waals surface area contributed by atoms with E-state index in [1.165, 1.54) is 0 Å². The molecule has 1 aliphatic rings. The summed E-state index contributed by atoms with van der Waals surface area (Å²) in [7, 11) is 0. The number of rotatable bonds is 2. The van der Waals surface area contributed by atoms with Crippen molar-refractivity contribution in [2.75, 3.05) is 11.4 Å². The molecular weight excluding hydrogens is 230 g/mol. The maximum atomic E-state index is 11.6. The average Bonchev–Trinajstić information content (AvgIpc) is 2.34. The summed E-state index contributed by atoms with van der Waals surface area (Å²) in [6.07, 6.45) is 0. The van der Waals surface area contributed by atoms with Crippen molar-refractivity contribution in [3.63, 3.8) is 0 Å². The molecule has 1 aliphatic heterocycles. The monoisotopic (exact) mass is 247 g/mol. The van der Waals surface area contributed by atoms with Gasteiger partial charge in [0.1, 0.15) is 6.04 Å². The van der Waals surface area contributed by atoms with Crippen LogP contribution >= 0.6 is 0 Å². The number of nitrogens with one attached hydrogen (secondary N) is 1. The van der Waals surface area contributed by atoms with Gasteiger partial charge in [-0.2, -0.15) is 0 Å². The molecule has 2 rings (SSSR count). The fourth-order valence-corrected chi connectivity index (χ4v) is 2.17. The zero-order valence-corrected chi connectivity index (χ0v) is 10.6. The summed E-state index contributed by atoms with van der Waals surface area (Å²) in [5, 5.41) is 2.33. The fourth-order valence-electron chi connectivity index (χ4n) is 2.17. The molecule has 1 atom stereocenters. The Morgan fingerprint density at radius 3 is 2.83 bits per heavy atom. The Morgan fingerprint density at radius 2 is 2.17 bits per heavy atom. The van der Waals surface area contributed by atoms with Gasteiger partial charge in [0.2, 0.25) is 11.8 Å². The van der Waals surface area contributed by atoms with E-state index in [1.807, 2.05) is 25.1 Å². The first-order valence-corrected chi connectivity index (χ1v) is 5.93. The summed E-state index contributed by atoms with van der Waals surface area (Å²) >= 11 is 0. The summed E-state index contributed by atoms with van der Waals surface area (Å²) in [6.45, 7) is 4.33. The first-order chi connectivity index (χ1) is 8.52. The van der Waals surface area contributed by atoms with Crippen molar-refractivity contribution in [1.29, 1.82) is 0 Å². The Labute approximate surface area is 106 Å². The lowest BCUT2D eigenvalue weighted by atomic mass is 10.1. The Hall–Kier alpha value is -1.88. The van der Waals surface area contributed by atoms with Crippen LogP contribution in [0.25, 0.3) is 0 Å². The number of aryl methyl sites for hydroxylation is 1. The highest BCUT2D eigenvalue weighted by Gasteiger charge is 2.31. The zero-order chi connectivity index (χ0) is 13.3. The molecule has 96 valence electrons. The van der Waals surface area contributed by atoms with E-state index in [2.05, 4.69) is 5.32 Å². The topological polar surface area (TPSA) is 75.4 Å². The first-order valence-electron chi connectivity index (χ1n) is 5.93. The summed E-state index contributed by atoms with van der Waals surface area (Å²) < 4.78 is 0. The molecule has 3 N–H and O–H groups in total. The number of nitrogens with two attached hydrogens (primary N) is 1. The second-order valence-electron chi connectivity index (χ2n) is 4.55. The summed E-state index contributed by atoms with van der Waals surface area (Å²) in [6, 6.07) is 5.49.